The molecule has 1 rings (SSSR count). The summed E-state index contributed by atoms with van der Waals surface area (Å²) >= 11 is 0. The van der Waals surface area contributed by atoms with Crippen LogP contribution in [-0.4, -0.2) is 28.8 Å². The second kappa shape index (κ2) is 5.67. The molecule has 0 aromatic carbocycles. The molecule has 11 heteroatoms. The molecule has 0 bridgehead atoms. The maximum Gasteiger partial charge on any atom is 0.573 e. The number of aromatic nitrogens is 1. The number of carbonyl (C=O) groups excluding carboxylic acids is 1. The Bertz CT molecular complexity index is 546. The molecule has 0 N–H and O–H groups in total. The summed E-state index contributed by atoms with van der Waals surface area (Å²) in [5, 5.41) is 10.4. The lowest BCUT2D eigenvalue weighted by Gasteiger charge is -2.11. The predicted octanol–water partition coefficient (Wildman–Crippen LogP) is 2.20. The van der Waals surface area contributed by atoms with Crippen molar-refractivity contribution < 1.29 is 36.8 Å². The van der Waals surface area contributed by atoms with Gasteiger partial charge in [0.15, 0.2) is 11.4 Å². The molecule has 1 aromatic heterocycles. The highest BCUT2D eigenvalue weighted by Crippen LogP contribution is 2.30. The second-order valence-corrected chi connectivity index (χ2v) is 3.17. The highest BCUT2D eigenvalue weighted by atomic mass is 19.4. The number of carbonyl (C=O) groups is 1. The monoisotopic (exact) mass is 298 g/mol. The quantitative estimate of drug-likeness (QED) is 0.278. The molecule has 0 saturated carbocycles. The summed E-state index contributed by atoms with van der Waals surface area (Å²) in [7, 11) is 0. The van der Waals surface area contributed by atoms with Gasteiger partial charge < -0.3 is 9.47 Å². The van der Waals surface area contributed by atoms with E-state index in [2.05, 4.69) is 14.5 Å². The van der Waals surface area contributed by atoms with Gasteiger partial charge in [0.1, 0.15) is 0 Å². The Morgan fingerprint density at radius 3 is 2.55 bits per heavy atom. The third kappa shape index (κ3) is 3.76. The van der Waals surface area contributed by atoms with Crippen LogP contribution in [0.15, 0.2) is 6.07 Å². The van der Waals surface area contributed by atoms with Crippen LogP contribution in [0.25, 0.3) is 0 Å². The highest BCUT2D eigenvalue weighted by Gasteiger charge is 2.36. The van der Waals surface area contributed by atoms with Gasteiger partial charge in [-0.05, 0) is 6.92 Å². The van der Waals surface area contributed by atoms with Gasteiger partial charge in [0.25, 0.3) is 5.95 Å². The summed E-state index contributed by atoms with van der Waals surface area (Å²) in [6, 6.07) is 0.113. The first-order valence-corrected chi connectivity index (χ1v) is 4.93. The summed E-state index contributed by atoms with van der Waals surface area (Å²) in [4.78, 5) is 23.2. The second-order valence-electron chi connectivity index (χ2n) is 3.17. The van der Waals surface area contributed by atoms with E-state index < -0.39 is 40.3 Å². The van der Waals surface area contributed by atoms with Gasteiger partial charge in [-0.15, -0.1) is 13.2 Å². The van der Waals surface area contributed by atoms with Crippen molar-refractivity contribution in [2.45, 2.75) is 13.3 Å². The average molecular weight is 298 g/mol. The van der Waals surface area contributed by atoms with Crippen molar-refractivity contribution in [3.63, 3.8) is 0 Å². The fourth-order valence-electron chi connectivity index (χ4n) is 1.14. The number of pyridine rings is 1. The van der Waals surface area contributed by atoms with Crippen molar-refractivity contribution in [3.8, 4) is 5.75 Å². The molecule has 0 aliphatic carbocycles. The van der Waals surface area contributed by atoms with Crippen molar-refractivity contribution in [1.82, 2.24) is 4.98 Å². The molecule has 0 atom stereocenters. The molecular formula is C9H6F4N2O5. The summed E-state index contributed by atoms with van der Waals surface area (Å²) in [6.45, 7) is 1.13. The van der Waals surface area contributed by atoms with Gasteiger partial charge in [0.2, 0.25) is 0 Å². The standard InChI is InChI=1S/C9H6F4N2O5/c1-2-19-8(16)6-5(20-9(11,12)13)3-4(15(17)18)7(10)14-6/h3H,2H2,1H3. The lowest BCUT2D eigenvalue weighted by atomic mass is 10.3. The van der Waals surface area contributed by atoms with Gasteiger partial charge in [-0.25, -0.2) is 9.78 Å². The molecule has 1 aromatic rings. The first kappa shape index (κ1) is 15.6. The number of nitrogens with zero attached hydrogens (tertiary/aromatic N) is 2. The summed E-state index contributed by atoms with van der Waals surface area (Å²) in [5.74, 6) is -4.45. The summed E-state index contributed by atoms with van der Waals surface area (Å²) < 4.78 is 57.4. The van der Waals surface area contributed by atoms with Crippen LogP contribution in [0.5, 0.6) is 5.75 Å². The number of halogens is 4. The van der Waals surface area contributed by atoms with E-state index in [0.717, 1.165) is 0 Å². The van der Waals surface area contributed by atoms with Gasteiger partial charge in [0, 0.05) is 0 Å². The van der Waals surface area contributed by atoms with Gasteiger partial charge in [-0.2, -0.15) is 4.39 Å². The number of nitro groups is 1. The van der Waals surface area contributed by atoms with Gasteiger partial charge in [-0.1, -0.05) is 0 Å². The normalized spacial score (nSPS) is 11.1. The fourth-order valence-corrected chi connectivity index (χ4v) is 1.14. The van der Waals surface area contributed by atoms with Crippen molar-refractivity contribution in [1.29, 1.82) is 0 Å². The van der Waals surface area contributed by atoms with Crippen LogP contribution >= 0.6 is 0 Å². The van der Waals surface area contributed by atoms with Crippen LogP contribution in [-0.2, 0) is 4.74 Å². The minimum Gasteiger partial charge on any atom is -0.461 e. The van der Waals surface area contributed by atoms with Crippen LogP contribution in [0, 0.1) is 16.1 Å². The third-order valence-electron chi connectivity index (χ3n) is 1.81. The first-order chi connectivity index (χ1) is 9.15. The molecule has 0 amide bonds. The van der Waals surface area contributed by atoms with E-state index in [-0.39, 0.29) is 12.7 Å². The molecule has 0 fully saturated rings. The number of ether oxygens (including phenoxy) is 2. The summed E-state index contributed by atoms with van der Waals surface area (Å²) in [6.07, 6.45) is -5.24. The Morgan fingerprint density at radius 1 is 1.50 bits per heavy atom. The van der Waals surface area contributed by atoms with E-state index in [0.29, 0.717) is 0 Å². The molecule has 0 aliphatic heterocycles. The summed E-state index contributed by atoms with van der Waals surface area (Å²) in [5.41, 5.74) is -2.51. The van der Waals surface area contributed by atoms with Crippen molar-refractivity contribution in [3.05, 3.63) is 27.8 Å². The van der Waals surface area contributed by atoms with E-state index in [9.17, 15) is 32.5 Å². The molecule has 0 saturated heterocycles. The number of alkyl halides is 3. The molecule has 7 nitrogen and oxygen atoms in total. The number of esters is 1. The van der Waals surface area contributed by atoms with Gasteiger partial charge in [-0.3, -0.25) is 10.1 Å². The van der Waals surface area contributed by atoms with Crippen molar-refractivity contribution in [2.75, 3.05) is 6.61 Å². The zero-order chi connectivity index (χ0) is 15.5. The van der Waals surface area contributed by atoms with Crippen LogP contribution in [0.2, 0.25) is 0 Å². The SMILES string of the molecule is CCOC(=O)c1nc(F)c([N+](=O)[O-])cc1OC(F)(F)F. The Kier molecular flexibility index (Phi) is 4.42. The number of hydrogen-bond acceptors (Lipinski definition) is 6. The molecular weight excluding hydrogens is 292 g/mol. The zero-order valence-electron chi connectivity index (χ0n) is 9.73. The largest absolute Gasteiger partial charge is 0.573 e. The fraction of sp³-hybridized carbons (Fsp3) is 0.333. The van der Waals surface area contributed by atoms with Gasteiger partial charge in [0.05, 0.1) is 17.6 Å². The van der Waals surface area contributed by atoms with Gasteiger partial charge >= 0.3 is 18.0 Å². The molecule has 1 heterocycles. The first-order valence-electron chi connectivity index (χ1n) is 4.93. The third-order valence-corrected chi connectivity index (χ3v) is 1.81. The Balaban J connectivity index is 3.37. The zero-order valence-corrected chi connectivity index (χ0v) is 9.73. The maximum absolute atomic E-state index is 13.2. The van der Waals surface area contributed by atoms with E-state index >= 15 is 0 Å². The molecule has 0 spiro atoms. The maximum atomic E-state index is 13.2. The van der Waals surface area contributed by atoms with E-state index in [4.69, 9.17) is 0 Å². The van der Waals surface area contributed by atoms with Crippen molar-refractivity contribution in [2.24, 2.45) is 0 Å². The van der Waals surface area contributed by atoms with E-state index in [1.807, 2.05) is 0 Å². The van der Waals surface area contributed by atoms with Crippen LogP contribution in [0.3, 0.4) is 0 Å². The Labute approximate surface area is 108 Å². The van der Waals surface area contributed by atoms with Crippen LogP contribution in [0.1, 0.15) is 17.4 Å². The number of rotatable bonds is 4. The molecule has 20 heavy (non-hydrogen) atoms. The Morgan fingerprint density at radius 2 is 2.10 bits per heavy atom. The lowest BCUT2D eigenvalue weighted by molar-refractivity contribution is -0.388. The average Bonchev–Trinajstić information content (AvgIpc) is 2.29. The Hall–Kier alpha value is -2.46. The van der Waals surface area contributed by atoms with Crippen LogP contribution < -0.4 is 4.74 Å². The molecule has 0 aliphatic rings. The van der Waals surface area contributed by atoms with E-state index in [1.54, 1.807) is 0 Å². The molecule has 110 valence electrons. The van der Waals surface area contributed by atoms with E-state index in [1.165, 1.54) is 6.92 Å². The lowest BCUT2D eigenvalue weighted by Crippen LogP contribution is -2.21. The minimum atomic E-state index is -5.24. The van der Waals surface area contributed by atoms with Crippen LogP contribution in [0.4, 0.5) is 23.2 Å². The minimum absolute atomic E-state index is 0.113. The topological polar surface area (TPSA) is 91.6 Å². The smallest absolute Gasteiger partial charge is 0.461 e. The number of hydrogen-bond donors (Lipinski definition) is 0. The highest BCUT2D eigenvalue weighted by molar-refractivity contribution is 5.90. The van der Waals surface area contributed by atoms with Crippen molar-refractivity contribution >= 4 is 11.7 Å². The molecule has 0 radical (unpaired) electrons. The molecule has 0 unspecified atom stereocenters. The predicted molar refractivity (Wildman–Crippen MR) is 53.5 cm³/mol.